The van der Waals surface area contributed by atoms with Crippen LogP contribution in [0.4, 0.5) is 4.39 Å². The van der Waals surface area contributed by atoms with Gasteiger partial charge >= 0.3 is 5.97 Å². The molecule has 106 valence electrons. The molecule has 0 bridgehead atoms. The number of hydrogen-bond acceptors (Lipinski definition) is 3. The van der Waals surface area contributed by atoms with E-state index in [9.17, 15) is 13.4 Å². The van der Waals surface area contributed by atoms with E-state index in [2.05, 4.69) is 5.32 Å². The van der Waals surface area contributed by atoms with Crippen LogP contribution in [0.5, 0.6) is 0 Å². The van der Waals surface area contributed by atoms with Gasteiger partial charge in [-0.05, 0) is 17.7 Å². The van der Waals surface area contributed by atoms with Gasteiger partial charge in [-0.15, -0.1) is 0 Å². The molecule has 2 N–H and O–H groups in total. The van der Waals surface area contributed by atoms with E-state index in [0.717, 1.165) is 5.56 Å². The SMILES string of the molecule is CC(C)S(=O)C[C@H](NCc1ccc(F)cc1)C(=O)O. The van der Waals surface area contributed by atoms with Crippen molar-refractivity contribution in [3.05, 3.63) is 35.6 Å². The topological polar surface area (TPSA) is 66.4 Å². The highest BCUT2D eigenvalue weighted by atomic mass is 32.2. The molecule has 6 heteroatoms. The van der Waals surface area contributed by atoms with Crippen molar-refractivity contribution in [2.75, 3.05) is 5.75 Å². The predicted octanol–water partition coefficient (Wildman–Crippen LogP) is 1.53. The number of rotatable bonds is 7. The fourth-order valence-electron chi connectivity index (χ4n) is 1.42. The Labute approximate surface area is 114 Å². The number of carboxylic acid groups (broad SMARTS) is 1. The first-order chi connectivity index (χ1) is 8.90. The lowest BCUT2D eigenvalue weighted by atomic mass is 10.2. The number of halogens is 1. The lowest BCUT2D eigenvalue weighted by Gasteiger charge is -2.15. The second-order valence-corrected chi connectivity index (χ2v) is 6.53. The van der Waals surface area contributed by atoms with Gasteiger partial charge in [0, 0.05) is 28.3 Å². The Hall–Kier alpha value is -1.27. The smallest absolute Gasteiger partial charge is 0.321 e. The van der Waals surface area contributed by atoms with Crippen molar-refractivity contribution in [1.29, 1.82) is 0 Å². The van der Waals surface area contributed by atoms with Crippen LogP contribution in [0.15, 0.2) is 24.3 Å². The van der Waals surface area contributed by atoms with Gasteiger partial charge in [0.1, 0.15) is 11.9 Å². The fourth-order valence-corrected chi connectivity index (χ4v) is 2.39. The van der Waals surface area contributed by atoms with Crippen molar-refractivity contribution in [2.45, 2.75) is 31.7 Å². The summed E-state index contributed by atoms with van der Waals surface area (Å²) in [6.45, 7) is 3.87. The fraction of sp³-hybridized carbons (Fsp3) is 0.462. The summed E-state index contributed by atoms with van der Waals surface area (Å²) in [5.74, 6) is -1.30. The minimum atomic E-state index is -1.19. The van der Waals surface area contributed by atoms with E-state index in [1.807, 2.05) is 0 Å². The first kappa shape index (κ1) is 15.8. The van der Waals surface area contributed by atoms with E-state index in [-0.39, 0.29) is 16.8 Å². The number of carboxylic acids is 1. The molecule has 1 aromatic rings. The molecular formula is C13H18FNO3S. The van der Waals surface area contributed by atoms with Gasteiger partial charge < -0.3 is 5.11 Å². The molecule has 0 radical (unpaired) electrons. The molecule has 1 rings (SSSR count). The van der Waals surface area contributed by atoms with Crippen LogP contribution < -0.4 is 5.32 Å². The third kappa shape index (κ3) is 5.48. The van der Waals surface area contributed by atoms with Gasteiger partial charge in [-0.2, -0.15) is 0 Å². The van der Waals surface area contributed by atoms with E-state index >= 15 is 0 Å². The lowest BCUT2D eigenvalue weighted by Crippen LogP contribution is -2.41. The maximum atomic E-state index is 12.7. The normalized spacial score (nSPS) is 14.3. The van der Waals surface area contributed by atoms with Gasteiger partial charge in [-0.25, -0.2) is 4.39 Å². The third-order valence-corrected chi connectivity index (χ3v) is 4.33. The highest BCUT2D eigenvalue weighted by molar-refractivity contribution is 7.85. The molecule has 0 aliphatic heterocycles. The Morgan fingerprint density at radius 3 is 2.42 bits per heavy atom. The Bertz CT molecular complexity index is 448. The molecule has 0 aliphatic rings. The molecular weight excluding hydrogens is 269 g/mol. The molecule has 1 aromatic carbocycles. The zero-order valence-electron chi connectivity index (χ0n) is 10.9. The summed E-state index contributed by atoms with van der Waals surface area (Å²) in [5, 5.41) is 11.8. The molecule has 0 heterocycles. The highest BCUT2D eigenvalue weighted by Gasteiger charge is 2.21. The van der Waals surface area contributed by atoms with Crippen molar-refractivity contribution in [1.82, 2.24) is 5.32 Å². The van der Waals surface area contributed by atoms with Gasteiger partial charge in [-0.3, -0.25) is 14.3 Å². The van der Waals surface area contributed by atoms with Crippen LogP contribution in [0.3, 0.4) is 0 Å². The lowest BCUT2D eigenvalue weighted by molar-refractivity contribution is -0.138. The van der Waals surface area contributed by atoms with Gasteiger partial charge in [0.25, 0.3) is 0 Å². The van der Waals surface area contributed by atoms with Crippen molar-refractivity contribution in [3.63, 3.8) is 0 Å². The number of hydrogen-bond donors (Lipinski definition) is 2. The largest absolute Gasteiger partial charge is 0.480 e. The standard InChI is InChI=1S/C13H18FNO3S/c1-9(2)19(18)8-12(13(16)17)15-7-10-3-5-11(14)6-4-10/h3-6,9,12,15H,7-8H2,1-2H3,(H,16,17)/t12-,19?/m0/s1. The summed E-state index contributed by atoms with van der Waals surface area (Å²) in [5.41, 5.74) is 0.781. The van der Waals surface area contributed by atoms with Crippen molar-refractivity contribution in [3.8, 4) is 0 Å². The molecule has 0 fully saturated rings. The first-order valence-corrected chi connectivity index (χ1v) is 7.36. The quantitative estimate of drug-likeness (QED) is 0.798. The Morgan fingerprint density at radius 1 is 1.37 bits per heavy atom. The van der Waals surface area contributed by atoms with Crippen molar-refractivity contribution < 1.29 is 18.5 Å². The Kier molecular flexibility index (Phi) is 6.11. The second kappa shape index (κ2) is 7.35. The van der Waals surface area contributed by atoms with Crippen LogP contribution in [-0.4, -0.2) is 32.3 Å². The van der Waals surface area contributed by atoms with E-state index in [0.29, 0.717) is 6.54 Å². The number of carbonyl (C=O) groups is 1. The molecule has 0 aromatic heterocycles. The molecule has 4 nitrogen and oxygen atoms in total. The molecule has 0 spiro atoms. The maximum absolute atomic E-state index is 12.7. The van der Waals surface area contributed by atoms with Gasteiger partial charge in [0.2, 0.25) is 0 Å². The van der Waals surface area contributed by atoms with E-state index < -0.39 is 22.8 Å². The highest BCUT2D eigenvalue weighted by Crippen LogP contribution is 2.04. The molecule has 2 atom stereocenters. The van der Waals surface area contributed by atoms with Gasteiger partial charge in [-0.1, -0.05) is 26.0 Å². The predicted molar refractivity (Wildman–Crippen MR) is 72.8 cm³/mol. The molecule has 0 aliphatic carbocycles. The average Bonchev–Trinajstić information content (AvgIpc) is 2.35. The number of benzene rings is 1. The van der Waals surface area contributed by atoms with Gasteiger partial charge in [0.05, 0.1) is 0 Å². The zero-order chi connectivity index (χ0) is 14.4. The monoisotopic (exact) mass is 287 g/mol. The molecule has 19 heavy (non-hydrogen) atoms. The summed E-state index contributed by atoms with van der Waals surface area (Å²) < 4.78 is 24.4. The van der Waals surface area contributed by atoms with Crippen LogP contribution in [-0.2, 0) is 22.1 Å². The molecule has 0 amide bonds. The van der Waals surface area contributed by atoms with Crippen LogP contribution in [0.25, 0.3) is 0 Å². The zero-order valence-corrected chi connectivity index (χ0v) is 11.7. The summed E-state index contributed by atoms with van der Waals surface area (Å²) in [7, 11) is -1.19. The van der Waals surface area contributed by atoms with Gasteiger partial charge in [0.15, 0.2) is 0 Å². The number of nitrogens with one attached hydrogen (secondary N) is 1. The minimum absolute atomic E-state index is 0.0637. The Balaban J connectivity index is 2.57. The summed E-state index contributed by atoms with van der Waals surface area (Å²) >= 11 is 0. The van der Waals surface area contributed by atoms with E-state index in [4.69, 9.17) is 5.11 Å². The first-order valence-electron chi connectivity index (χ1n) is 5.98. The van der Waals surface area contributed by atoms with Crippen LogP contribution in [0, 0.1) is 5.82 Å². The maximum Gasteiger partial charge on any atom is 0.321 e. The second-order valence-electron chi connectivity index (χ2n) is 4.49. The van der Waals surface area contributed by atoms with Crippen LogP contribution in [0.2, 0.25) is 0 Å². The Morgan fingerprint density at radius 2 is 1.95 bits per heavy atom. The van der Waals surface area contributed by atoms with Crippen molar-refractivity contribution in [2.24, 2.45) is 0 Å². The van der Waals surface area contributed by atoms with E-state index in [1.54, 1.807) is 26.0 Å². The van der Waals surface area contributed by atoms with Crippen LogP contribution in [0.1, 0.15) is 19.4 Å². The third-order valence-electron chi connectivity index (χ3n) is 2.62. The molecule has 1 unspecified atom stereocenters. The van der Waals surface area contributed by atoms with E-state index in [1.165, 1.54) is 12.1 Å². The number of aliphatic carboxylic acids is 1. The summed E-state index contributed by atoms with van der Waals surface area (Å²) in [6.07, 6.45) is 0. The minimum Gasteiger partial charge on any atom is -0.480 e. The summed E-state index contributed by atoms with van der Waals surface area (Å²) in [6, 6.07) is 4.94. The van der Waals surface area contributed by atoms with Crippen molar-refractivity contribution >= 4 is 16.8 Å². The summed E-state index contributed by atoms with van der Waals surface area (Å²) in [4.78, 5) is 11.1. The average molecular weight is 287 g/mol. The van der Waals surface area contributed by atoms with Crippen LogP contribution >= 0.6 is 0 Å². The molecule has 0 saturated heterocycles. The molecule has 0 saturated carbocycles.